The molecule has 0 fully saturated rings. The van der Waals surface area contributed by atoms with Crippen molar-refractivity contribution < 1.29 is 9.90 Å². The van der Waals surface area contributed by atoms with Crippen molar-refractivity contribution >= 4 is 12.0 Å². The van der Waals surface area contributed by atoms with E-state index in [4.69, 9.17) is 5.11 Å². The summed E-state index contributed by atoms with van der Waals surface area (Å²) >= 11 is 0. The van der Waals surface area contributed by atoms with Gasteiger partial charge in [0.15, 0.2) is 0 Å². The van der Waals surface area contributed by atoms with Crippen LogP contribution in [0.2, 0.25) is 0 Å². The highest BCUT2D eigenvalue weighted by Crippen LogP contribution is 2.05. The SMILES string of the molecule is CC(=Cc1ccccc1)C(=O)O.N. The molecule has 0 saturated carbocycles. The van der Waals surface area contributed by atoms with Gasteiger partial charge in [-0.05, 0) is 18.6 Å². The Morgan fingerprint density at radius 1 is 1.31 bits per heavy atom. The van der Waals surface area contributed by atoms with Crippen LogP contribution in [0.25, 0.3) is 6.08 Å². The van der Waals surface area contributed by atoms with E-state index in [2.05, 4.69) is 0 Å². The van der Waals surface area contributed by atoms with Crippen LogP contribution < -0.4 is 6.15 Å². The molecule has 4 N–H and O–H groups in total. The van der Waals surface area contributed by atoms with E-state index in [1.165, 1.54) is 0 Å². The van der Waals surface area contributed by atoms with Gasteiger partial charge in [0.2, 0.25) is 0 Å². The molecule has 3 nitrogen and oxygen atoms in total. The first-order valence-corrected chi connectivity index (χ1v) is 3.67. The summed E-state index contributed by atoms with van der Waals surface area (Å²) in [7, 11) is 0. The van der Waals surface area contributed by atoms with Crippen molar-refractivity contribution in [2.75, 3.05) is 0 Å². The molecule has 1 aromatic rings. The van der Waals surface area contributed by atoms with Gasteiger partial charge in [-0.2, -0.15) is 0 Å². The minimum absolute atomic E-state index is 0. The van der Waals surface area contributed by atoms with Crippen LogP contribution in [0, 0.1) is 0 Å². The maximum Gasteiger partial charge on any atom is 0.331 e. The predicted molar refractivity (Wildman–Crippen MR) is 52.8 cm³/mol. The zero-order valence-corrected chi connectivity index (χ0v) is 7.53. The molecule has 0 aliphatic heterocycles. The van der Waals surface area contributed by atoms with Crippen LogP contribution in [0.5, 0.6) is 0 Å². The Kier molecular flexibility index (Phi) is 4.48. The molecule has 70 valence electrons. The number of carboxylic acid groups (broad SMARTS) is 1. The quantitative estimate of drug-likeness (QED) is 0.684. The minimum atomic E-state index is -0.876. The van der Waals surface area contributed by atoms with Crippen LogP contribution in [0.1, 0.15) is 12.5 Å². The molecule has 0 heterocycles. The molecule has 0 bridgehead atoms. The molecule has 0 aliphatic rings. The number of carboxylic acids is 1. The average molecular weight is 179 g/mol. The van der Waals surface area contributed by atoms with Crippen molar-refractivity contribution in [1.82, 2.24) is 6.15 Å². The van der Waals surface area contributed by atoms with E-state index in [9.17, 15) is 4.79 Å². The lowest BCUT2D eigenvalue weighted by molar-refractivity contribution is -0.132. The van der Waals surface area contributed by atoms with E-state index >= 15 is 0 Å². The van der Waals surface area contributed by atoms with Crippen molar-refractivity contribution in [2.24, 2.45) is 0 Å². The Balaban J connectivity index is 0.00000144. The summed E-state index contributed by atoms with van der Waals surface area (Å²) in [5, 5.41) is 8.58. The molecule has 13 heavy (non-hydrogen) atoms. The summed E-state index contributed by atoms with van der Waals surface area (Å²) in [6, 6.07) is 9.38. The first-order chi connectivity index (χ1) is 5.70. The van der Waals surface area contributed by atoms with E-state index in [1.54, 1.807) is 13.0 Å². The number of hydrogen-bond acceptors (Lipinski definition) is 2. The highest BCUT2D eigenvalue weighted by atomic mass is 16.4. The first kappa shape index (κ1) is 11.4. The van der Waals surface area contributed by atoms with Crippen LogP contribution >= 0.6 is 0 Å². The van der Waals surface area contributed by atoms with Crippen LogP contribution in [-0.2, 0) is 4.79 Å². The maximum atomic E-state index is 10.4. The Hall–Kier alpha value is -1.61. The van der Waals surface area contributed by atoms with Gasteiger partial charge in [-0.1, -0.05) is 30.3 Å². The molecule has 3 heteroatoms. The third-order valence-electron chi connectivity index (χ3n) is 1.52. The van der Waals surface area contributed by atoms with Gasteiger partial charge in [0.1, 0.15) is 0 Å². The van der Waals surface area contributed by atoms with Crippen LogP contribution in [0.15, 0.2) is 35.9 Å². The second-order valence-corrected chi connectivity index (χ2v) is 2.54. The molecule has 1 rings (SSSR count). The molecule has 1 aromatic carbocycles. The van der Waals surface area contributed by atoms with Crippen molar-refractivity contribution in [1.29, 1.82) is 0 Å². The zero-order chi connectivity index (χ0) is 8.97. The second kappa shape index (κ2) is 5.11. The lowest BCUT2D eigenvalue weighted by Crippen LogP contribution is -1.95. The number of rotatable bonds is 2. The predicted octanol–water partition coefficient (Wildman–Crippen LogP) is 2.34. The van der Waals surface area contributed by atoms with Gasteiger partial charge < -0.3 is 11.3 Å². The summed E-state index contributed by atoms with van der Waals surface area (Å²) < 4.78 is 0. The molecule has 0 aromatic heterocycles. The Bertz CT molecular complexity index is 304. The van der Waals surface area contributed by atoms with Crippen LogP contribution in [-0.4, -0.2) is 11.1 Å². The molecular formula is C10H13NO2. The smallest absolute Gasteiger partial charge is 0.331 e. The Morgan fingerprint density at radius 3 is 2.31 bits per heavy atom. The number of aliphatic carboxylic acids is 1. The molecule has 0 amide bonds. The van der Waals surface area contributed by atoms with E-state index in [1.807, 2.05) is 30.3 Å². The standard InChI is InChI=1S/C10H10O2.H3N/c1-8(10(11)12)7-9-5-3-2-4-6-9;/h2-7H,1H3,(H,11,12);1H3. The van der Waals surface area contributed by atoms with Gasteiger partial charge in [0.25, 0.3) is 0 Å². The highest BCUT2D eigenvalue weighted by Gasteiger charge is 1.98. The average Bonchev–Trinajstić information content (AvgIpc) is 2.06. The molecule has 0 spiro atoms. The van der Waals surface area contributed by atoms with Gasteiger partial charge in [-0.25, -0.2) is 4.79 Å². The third-order valence-corrected chi connectivity index (χ3v) is 1.52. The van der Waals surface area contributed by atoms with Crippen molar-refractivity contribution in [3.63, 3.8) is 0 Å². The number of hydrogen-bond donors (Lipinski definition) is 2. The molecule has 0 atom stereocenters. The zero-order valence-electron chi connectivity index (χ0n) is 7.53. The summed E-state index contributed by atoms with van der Waals surface area (Å²) in [4.78, 5) is 10.4. The fraction of sp³-hybridized carbons (Fsp3) is 0.100. The summed E-state index contributed by atoms with van der Waals surface area (Å²) in [6.45, 7) is 1.58. The second-order valence-electron chi connectivity index (χ2n) is 2.54. The topological polar surface area (TPSA) is 72.3 Å². The van der Waals surface area contributed by atoms with Gasteiger partial charge >= 0.3 is 5.97 Å². The van der Waals surface area contributed by atoms with Gasteiger partial charge in [0, 0.05) is 5.57 Å². The summed E-state index contributed by atoms with van der Waals surface area (Å²) in [5.41, 5.74) is 1.26. The summed E-state index contributed by atoms with van der Waals surface area (Å²) in [6.07, 6.45) is 1.64. The molecular weight excluding hydrogens is 166 g/mol. The van der Waals surface area contributed by atoms with Crippen molar-refractivity contribution in [3.05, 3.63) is 41.5 Å². The van der Waals surface area contributed by atoms with Gasteiger partial charge in [0.05, 0.1) is 0 Å². The third kappa shape index (κ3) is 3.53. The molecule has 0 radical (unpaired) electrons. The summed E-state index contributed by atoms with van der Waals surface area (Å²) in [5.74, 6) is -0.876. The van der Waals surface area contributed by atoms with E-state index in [0.29, 0.717) is 5.57 Å². The number of benzene rings is 1. The van der Waals surface area contributed by atoms with Crippen molar-refractivity contribution in [3.8, 4) is 0 Å². The van der Waals surface area contributed by atoms with Gasteiger partial charge in [-0.3, -0.25) is 0 Å². The van der Waals surface area contributed by atoms with Gasteiger partial charge in [-0.15, -0.1) is 0 Å². The fourth-order valence-corrected chi connectivity index (χ4v) is 0.861. The monoisotopic (exact) mass is 179 g/mol. The van der Waals surface area contributed by atoms with Crippen molar-refractivity contribution in [2.45, 2.75) is 6.92 Å². The lowest BCUT2D eigenvalue weighted by Gasteiger charge is -1.93. The minimum Gasteiger partial charge on any atom is -0.478 e. The van der Waals surface area contributed by atoms with Crippen LogP contribution in [0.3, 0.4) is 0 Å². The number of carbonyl (C=O) groups is 1. The molecule has 0 aliphatic carbocycles. The van der Waals surface area contributed by atoms with E-state index in [-0.39, 0.29) is 6.15 Å². The largest absolute Gasteiger partial charge is 0.478 e. The first-order valence-electron chi connectivity index (χ1n) is 3.67. The molecule has 0 unspecified atom stereocenters. The fourth-order valence-electron chi connectivity index (χ4n) is 0.861. The normalized spacial score (nSPS) is 10.4. The Morgan fingerprint density at radius 2 is 1.85 bits per heavy atom. The van der Waals surface area contributed by atoms with E-state index < -0.39 is 5.97 Å². The Labute approximate surface area is 77.3 Å². The highest BCUT2D eigenvalue weighted by molar-refractivity contribution is 5.91. The van der Waals surface area contributed by atoms with Crippen LogP contribution in [0.4, 0.5) is 0 Å². The van der Waals surface area contributed by atoms with E-state index in [0.717, 1.165) is 5.56 Å². The lowest BCUT2D eigenvalue weighted by atomic mass is 10.1. The molecule has 0 saturated heterocycles. The maximum absolute atomic E-state index is 10.4.